The van der Waals surface area contributed by atoms with E-state index in [1.807, 2.05) is 23.5 Å². The van der Waals surface area contributed by atoms with Gasteiger partial charge in [0.05, 0.1) is 12.8 Å². The molecule has 0 aromatic heterocycles. The highest BCUT2D eigenvalue weighted by Crippen LogP contribution is 2.21. The first kappa shape index (κ1) is 14.1. The van der Waals surface area contributed by atoms with E-state index in [0.29, 0.717) is 12.8 Å². The number of hydrogen-bond acceptors (Lipinski definition) is 6. The summed E-state index contributed by atoms with van der Waals surface area (Å²) in [6, 6.07) is 0. The van der Waals surface area contributed by atoms with Gasteiger partial charge in [0.2, 0.25) is 0 Å². The molecule has 102 valence electrons. The van der Waals surface area contributed by atoms with Crippen molar-refractivity contribution in [3.8, 4) is 0 Å². The maximum absolute atomic E-state index is 10.6. The zero-order valence-corrected chi connectivity index (χ0v) is 11.9. The highest BCUT2D eigenvalue weighted by molar-refractivity contribution is 8.02. The minimum absolute atomic E-state index is 0.0581. The lowest BCUT2D eigenvalue weighted by Gasteiger charge is -2.25. The average molecular weight is 290 g/mol. The van der Waals surface area contributed by atoms with Crippen molar-refractivity contribution in [3.63, 3.8) is 0 Å². The molecule has 4 nitrogen and oxygen atoms in total. The summed E-state index contributed by atoms with van der Waals surface area (Å²) in [5.74, 6) is 4.29. The van der Waals surface area contributed by atoms with E-state index in [2.05, 4.69) is 0 Å². The summed E-state index contributed by atoms with van der Waals surface area (Å²) in [5, 5.41) is 0. The van der Waals surface area contributed by atoms with Crippen LogP contribution in [0, 0.1) is 0 Å². The van der Waals surface area contributed by atoms with Crippen LogP contribution in [0.25, 0.3) is 0 Å². The molecular weight excluding hydrogens is 272 g/mol. The van der Waals surface area contributed by atoms with Gasteiger partial charge in [0.25, 0.3) is 0 Å². The maximum Gasteiger partial charge on any atom is 0.309 e. The number of thioether (sulfide) groups is 2. The van der Waals surface area contributed by atoms with Crippen LogP contribution in [0.5, 0.6) is 0 Å². The Morgan fingerprint density at radius 2 is 1.22 bits per heavy atom. The third-order valence-electron chi connectivity index (χ3n) is 2.93. The second-order valence-electron chi connectivity index (χ2n) is 4.43. The monoisotopic (exact) mass is 290 g/mol. The van der Waals surface area contributed by atoms with Crippen LogP contribution >= 0.6 is 23.5 Å². The molecule has 2 aliphatic heterocycles. The van der Waals surface area contributed by atoms with Crippen molar-refractivity contribution in [1.29, 1.82) is 0 Å². The molecule has 2 heterocycles. The third kappa shape index (κ3) is 4.72. The highest BCUT2D eigenvalue weighted by Gasteiger charge is 2.28. The van der Waals surface area contributed by atoms with Crippen molar-refractivity contribution in [2.24, 2.45) is 0 Å². The Bertz CT molecular complexity index is 262. The summed E-state index contributed by atoms with van der Waals surface area (Å²) in [6.07, 6.45) is 3.56. The van der Waals surface area contributed by atoms with Gasteiger partial charge in [0.15, 0.2) is 0 Å². The Kier molecular flexibility index (Phi) is 5.69. The van der Waals surface area contributed by atoms with Crippen LogP contribution in [-0.2, 0) is 19.1 Å². The molecule has 0 aromatic carbocycles. The van der Waals surface area contributed by atoms with Crippen LogP contribution in [0.3, 0.4) is 0 Å². The van der Waals surface area contributed by atoms with Gasteiger partial charge in [0, 0.05) is 11.5 Å². The van der Waals surface area contributed by atoms with Gasteiger partial charge in [-0.05, 0) is 24.3 Å². The predicted octanol–water partition coefficient (Wildman–Crippen LogP) is 1.86. The Labute approximate surface area is 116 Å². The summed E-state index contributed by atoms with van der Waals surface area (Å²) < 4.78 is 9.88. The third-order valence-corrected chi connectivity index (χ3v) is 5.22. The van der Waals surface area contributed by atoms with Crippen molar-refractivity contribution in [1.82, 2.24) is 0 Å². The Morgan fingerprint density at radius 1 is 0.833 bits per heavy atom. The maximum atomic E-state index is 10.6. The molecule has 2 saturated heterocycles. The Balaban J connectivity index is 1.29. The molecule has 2 fully saturated rings. The summed E-state index contributed by atoms with van der Waals surface area (Å²) in [7, 11) is 0. The van der Waals surface area contributed by atoms with E-state index in [1.165, 1.54) is 0 Å². The van der Waals surface area contributed by atoms with E-state index in [9.17, 15) is 9.59 Å². The number of carbonyl (C=O) groups excluding carboxylic acids is 2. The second-order valence-corrected chi connectivity index (χ2v) is 6.88. The molecular formula is C12H18O4S2. The molecule has 0 radical (unpaired) electrons. The van der Waals surface area contributed by atoms with Crippen molar-refractivity contribution < 1.29 is 19.1 Å². The first-order chi connectivity index (χ1) is 8.74. The van der Waals surface area contributed by atoms with E-state index in [-0.39, 0.29) is 24.1 Å². The summed E-state index contributed by atoms with van der Waals surface area (Å²) in [6.45, 7) is 0. The molecule has 2 aliphatic rings. The molecule has 0 saturated carbocycles. The quantitative estimate of drug-likeness (QED) is 0.477. The van der Waals surface area contributed by atoms with Crippen LogP contribution < -0.4 is 0 Å². The molecule has 2 rings (SSSR count). The van der Waals surface area contributed by atoms with Gasteiger partial charge in [-0.15, -0.1) is 0 Å². The van der Waals surface area contributed by atoms with Gasteiger partial charge < -0.3 is 9.47 Å². The lowest BCUT2D eigenvalue weighted by molar-refractivity contribution is -0.170. The van der Waals surface area contributed by atoms with E-state index >= 15 is 0 Å². The van der Waals surface area contributed by atoms with Crippen molar-refractivity contribution >= 4 is 35.5 Å². The van der Waals surface area contributed by atoms with Gasteiger partial charge in [-0.25, -0.2) is 0 Å². The van der Waals surface area contributed by atoms with Gasteiger partial charge in [-0.3, -0.25) is 9.59 Å². The molecule has 0 bridgehead atoms. The summed E-state index contributed by atoms with van der Waals surface area (Å²) in [4.78, 5) is 21.1. The van der Waals surface area contributed by atoms with Crippen LogP contribution in [0.2, 0.25) is 0 Å². The number of cyclic esters (lactones) is 2. The minimum Gasteiger partial charge on any atom is -0.462 e. The normalized spacial score (nSPS) is 26.0. The number of ether oxygens (including phenoxy) is 2. The molecule has 0 aliphatic carbocycles. The van der Waals surface area contributed by atoms with Gasteiger partial charge >= 0.3 is 11.9 Å². The van der Waals surface area contributed by atoms with Crippen LogP contribution in [0.4, 0.5) is 0 Å². The molecule has 0 amide bonds. The van der Waals surface area contributed by atoms with Crippen molar-refractivity contribution in [2.45, 2.75) is 37.9 Å². The van der Waals surface area contributed by atoms with Gasteiger partial charge in [-0.2, -0.15) is 23.5 Å². The topological polar surface area (TPSA) is 52.6 Å². The summed E-state index contributed by atoms with van der Waals surface area (Å²) >= 11 is 3.83. The van der Waals surface area contributed by atoms with Crippen LogP contribution in [0.15, 0.2) is 0 Å². The molecule has 0 aromatic rings. The minimum atomic E-state index is -0.0581. The largest absolute Gasteiger partial charge is 0.462 e. The Morgan fingerprint density at radius 3 is 1.56 bits per heavy atom. The second kappa shape index (κ2) is 7.28. The number of esters is 2. The highest BCUT2D eigenvalue weighted by atomic mass is 32.2. The van der Waals surface area contributed by atoms with E-state index in [4.69, 9.17) is 9.47 Å². The molecule has 2 unspecified atom stereocenters. The lowest BCUT2D eigenvalue weighted by Crippen LogP contribution is -2.33. The van der Waals surface area contributed by atoms with E-state index in [0.717, 1.165) is 35.9 Å². The first-order valence-electron chi connectivity index (χ1n) is 6.28. The van der Waals surface area contributed by atoms with Crippen LogP contribution in [-0.4, -0.2) is 47.2 Å². The molecule has 2 atom stereocenters. The van der Waals surface area contributed by atoms with E-state index < -0.39 is 0 Å². The molecule has 6 heteroatoms. The SMILES string of the molecule is O=C1CC(CCSCCSCCC2CC(=O)O2)O1. The fourth-order valence-corrected chi connectivity index (χ4v) is 4.01. The zero-order chi connectivity index (χ0) is 12.8. The number of hydrogen-bond donors (Lipinski definition) is 0. The predicted molar refractivity (Wildman–Crippen MR) is 72.9 cm³/mol. The van der Waals surface area contributed by atoms with Crippen LogP contribution in [0.1, 0.15) is 25.7 Å². The van der Waals surface area contributed by atoms with E-state index in [1.54, 1.807) is 0 Å². The standard InChI is InChI=1S/C12H18O4S2/c13-11-7-9(15-11)1-3-17-5-6-18-4-2-10-8-12(14)16-10/h9-10H,1-8H2. The van der Waals surface area contributed by atoms with Gasteiger partial charge in [0.1, 0.15) is 12.2 Å². The first-order valence-corrected chi connectivity index (χ1v) is 8.59. The Hall–Kier alpha value is -0.360. The average Bonchev–Trinajstić information content (AvgIpc) is 2.27. The fourth-order valence-electron chi connectivity index (χ4n) is 1.80. The molecule has 18 heavy (non-hydrogen) atoms. The zero-order valence-electron chi connectivity index (χ0n) is 10.3. The number of rotatable bonds is 9. The molecule has 0 N–H and O–H groups in total. The van der Waals surface area contributed by atoms with Gasteiger partial charge in [-0.1, -0.05) is 0 Å². The smallest absolute Gasteiger partial charge is 0.309 e. The lowest BCUT2D eigenvalue weighted by atomic mass is 10.1. The summed E-state index contributed by atoms with van der Waals surface area (Å²) in [5.41, 5.74) is 0. The van der Waals surface area contributed by atoms with Crippen molar-refractivity contribution in [3.05, 3.63) is 0 Å². The number of carbonyl (C=O) groups is 2. The fraction of sp³-hybridized carbons (Fsp3) is 0.833. The molecule has 0 spiro atoms. The van der Waals surface area contributed by atoms with Crippen molar-refractivity contribution in [2.75, 3.05) is 23.0 Å².